The van der Waals surface area contributed by atoms with Gasteiger partial charge in [-0.2, -0.15) is 5.10 Å². The minimum Gasteiger partial charge on any atom is -0.385 e. The number of nitrogens with one attached hydrogen (secondary N) is 1. The minimum atomic E-state index is 0.333. The molecule has 0 saturated heterocycles. The van der Waals surface area contributed by atoms with E-state index in [2.05, 4.69) is 19.7 Å². The summed E-state index contributed by atoms with van der Waals surface area (Å²) >= 11 is 5.38. The molecular weight excluding hydrogens is 272 g/mol. The van der Waals surface area contributed by atoms with Crippen LogP contribution in [0.25, 0.3) is 11.4 Å². The standard InChI is InChI=1S/C14H18N4OS/c1-19-9-6-14(4-5-14)10-18-12(16-17-13(18)20)11-2-7-15-8-3-11/h2-3,7-8H,4-6,9-10H2,1H3,(H,17,20). The molecule has 0 atom stereocenters. The van der Waals surface area contributed by atoms with Gasteiger partial charge in [0.25, 0.3) is 0 Å². The highest BCUT2D eigenvalue weighted by Gasteiger charge is 2.42. The highest BCUT2D eigenvalue weighted by atomic mass is 32.1. The number of ether oxygens (including phenoxy) is 1. The first kappa shape index (κ1) is 13.5. The molecule has 3 rings (SSSR count). The van der Waals surface area contributed by atoms with E-state index in [9.17, 15) is 0 Å². The van der Waals surface area contributed by atoms with Crippen LogP contribution in [0.15, 0.2) is 24.5 Å². The summed E-state index contributed by atoms with van der Waals surface area (Å²) in [5.41, 5.74) is 1.37. The number of methoxy groups -OCH3 is 1. The van der Waals surface area contributed by atoms with Gasteiger partial charge in [0.15, 0.2) is 10.6 Å². The molecule has 0 spiro atoms. The topological polar surface area (TPSA) is 55.7 Å². The summed E-state index contributed by atoms with van der Waals surface area (Å²) in [6.07, 6.45) is 7.09. The molecule has 106 valence electrons. The van der Waals surface area contributed by atoms with E-state index in [0.29, 0.717) is 10.2 Å². The van der Waals surface area contributed by atoms with Crippen LogP contribution in [0, 0.1) is 10.2 Å². The van der Waals surface area contributed by atoms with Crippen LogP contribution >= 0.6 is 12.2 Å². The van der Waals surface area contributed by atoms with Gasteiger partial charge in [-0.15, -0.1) is 0 Å². The largest absolute Gasteiger partial charge is 0.385 e. The zero-order valence-electron chi connectivity index (χ0n) is 11.5. The number of aromatic amines is 1. The fourth-order valence-corrected chi connectivity index (χ4v) is 2.70. The highest BCUT2D eigenvalue weighted by molar-refractivity contribution is 7.71. The van der Waals surface area contributed by atoms with Crippen LogP contribution in [0.4, 0.5) is 0 Å². The zero-order chi connectivity index (χ0) is 14.0. The Labute approximate surface area is 123 Å². The first-order valence-corrected chi connectivity index (χ1v) is 7.19. The smallest absolute Gasteiger partial charge is 0.195 e. The molecule has 2 aromatic rings. The van der Waals surface area contributed by atoms with Gasteiger partial charge in [-0.25, -0.2) is 0 Å². The van der Waals surface area contributed by atoms with Crippen molar-refractivity contribution in [3.63, 3.8) is 0 Å². The molecule has 0 amide bonds. The summed E-state index contributed by atoms with van der Waals surface area (Å²) in [6.45, 7) is 1.71. The van der Waals surface area contributed by atoms with Crippen molar-refractivity contribution in [1.82, 2.24) is 19.7 Å². The SMILES string of the molecule is COCCC1(Cn2c(-c3ccncc3)n[nH]c2=S)CC1. The van der Waals surface area contributed by atoms with Crippen molar-refractivity contribution in [1.29, 1.82) is 0 Å². The van der Waals surface area contributed by atoms with Gasteiger partial charge in [-0.1, -0.05) is 0 Å². The number of aromatic nitrogens is 4. The number of H-pyrrole nitrogens is 1. The Morgan fingerprint density at radius 1 is 1.40 bits per heavy atom. The van der Waals surface area contributed by atoms with Gasteiger partial charge in [0, 0.05) is 38.2 Å². The maximum absolute atomic E-state index is 5.38. The second-order valence-corrected chi connectivity index (χ2v) is 5.80. The van der Waals surface area contributed by atoms with Crippen LogP contribution in [-0.2, 0) is 11.3 Å². The molecule has 0 unspecified atom stereocenters. The van der Waals surface area contributed by atoms with Crippen LogP contribution in [0.5, 0.6) is 0 Å². The van der Waals surface area contributed by atoms with Crippen molar-refractivity contribution in [2.45, 2.75) is 25.8 Å². The normalized spacial score (nSPS) is 16.2. The number of rotatable bonds is 6. The van der Waals surface area contributed by atoms with Gasteiger partial charge in [-0.05, 0) is 49.0 Å². The van der Waals surface area contributed by atoms with Gasteiger partial charge in [0.1, 0.15) is 0 Å². The number of pyridine rings is 1. The van der Waals surface area contributed by atoms with Crippen LogP contribution in [0.2, 0.25) is 0 Å². The van der Waals surface area contributed by atoms with E-state index < -0.39 is 0 Å². The fourth-order valence-electron chi connectivity index (χ4n) is 2.50. The van der Waals surface area contributed by atoms with Crippen molar-refractivity contribution >= 4 is 12.2 Å². The van der Waals surface area contributed by atoms with Gasteiger partial charge in [-0.3, -0.25) is 14.6 Å². The third-order valence-electron chi connectivity index (χ3n) is 3.98. The molecule has 0 radical (unpaired) electrons. The van der Waals surface area contributed by atoms with Crippen molar-refractivity contribution in [2.24, 2.45) is 5.41 Å². The summed E-state index contributed by atoms with van der Waals surface area (Å²) < 4.78 is 8.00. The lowest BCUT2D eigenvalue weighted by Gasteiger charge is -2.16. The molecule has 20 heavy (non-hydrogen) atoms. The molecule has 2 aromatic heterocycles. The lowest BCUT2D eigenvalue weighted by Crippen LogP contribution is -2.15. The van der Waals surface area contributed by atoms with Crippen molar-refractivity contribution < 1.29 is 4.74 Å². The number of nitrogens with zero attached hydrogens (tertiary/aromatic N) is 3. The van der Waals surface area contributed by atoms with Crippen molar-refractivity contribution in [3.05, 3.63) is 29.3 Å². The Hall–Kier alpha value is -1.53. The van der Waals surface area contributed by atoms with Gasteiger partial charge in [0.05, 0.1) is 0 Å². The molecule has 6 heteroatoms. The molecular formula is C14H18N4OS. The molecule has 1 saturated carbocycles. The van der Waals surface area contributed by atoms with Gasteiger partial charge < -0.3 is 4.74 Å². The summed E-state index contributed by atoms with van der Waals surface area (Å²) in [7, 11) is 1.75. The van der Waals surface area contributed by atoms with Crippen LogP contribution in [0.1, 0.15) is 19.3 Å². The third-order valence-corrected chi connectivity index (χ3v) is 4.30. The molecule has 1 fully saturated rings. The Bertz CT molecular complexity index is 630. The lowest BCUT2D eigenvalue weighted by atomic mass is 10.0. The molecule has 1 N–H and O–H groups in total. The van der Waals surface area contributed by atoms with E-state index in [-0.39, 0.29) is 0 Å². The molecule has 0 aliphatic heterocycles. The van der Waals surface area contributed by atoms with E-state index in [1.165, 1.54) is 12.8 Å². The third kappa shape index (κ3) is 2.66. The van der Waals surface area contributed by atoms with E-state index in [1.807, 2.05) is 12.1 Å². The summed E-state index contributed by atoms with van der Waals surface area (Å²) in [5.74, 6) is 0.890. The average molecular weight is 290 g/mol. The van der Waals surface area contributed by atoms with Crippen LogP contribution in [-0.4, -0.2) is 33.5 Å². The second-order valence-electron chi connectivity index (χ2n) is 5.42. The van der Waals surface area contributed by atoms with Crippen LogP contribution < -0.4 is 0 Å². The highest BCUT2D eigenvalue weighted by Crippen LogP contribution is 2.50. The van der Waals surface area contributed by atoms with E-state index >= 15 is 0 Å². The summed E-state index contributed by atoms with van der Waals surface area (Å²) in [6, 6.07) is 3.91. The summed E-state index contributed by atoms with van der Waals surface area (Å²) in [4.78, 5) is 4.04. The van der Waals surface area contributed by atoms with E-state index in [4.69, 9.17) is 17.0 Å². The predicted molar refractivity (Wildman–Crippen MR) is 78.8 cm³/mol. The minimum absolute atomic E-state index is 0.333. The zero-order valence-corrected chi connectivity index (χ0v) is 12.3. The summed E-state index contributed by atoms with van der Waals surface area (Å²) in [5, 5.41) is 7.27. The van der Waals surface area contributed by atoms with Crippen LogP contribution in [0.3, 0.4) is 0 Å². The number of hydrogen-bond acceptors (Lipinski definition) is 4. The van der Waals surface area contributed by atoms with Gasteiger partial charge >= 0.3 is 0 Å². The molecule has 0 aromatic carbocycles. The first-order chi connectivity index (χ1) is 9.74. The average Bonchev–Trinajstić information content (AvgIpc) is 3.16. The molecule has 2 heterocycles. The lowest BCUT2D eigenvalue weighted by molar-refractivity contribution is 0.167. The predicted octanol–water partition coefficient (Wildman–Crippen LogP) is 2.82. The van der Waals surface area contributed by atoms with Gasteiger partial charge in [0.2, 0.25) is 0 Å². The Balaban J connectivity index is 1.87. The Kier molecular flexibility index (Phi) is 3.67. The molecule has 0 bridgehead atoms. The Morgan fingerprint density at radius 3 is 2.80 bits per heavy atom. The fraction of sp³-hybridized carbons (Fsp3) is 0.500. The molecule has 1 aliphatic carbocycles. The van der Waals surface area contributed by atoms with Crippen molar-refractivity contribution in [2.75, 3.05) is 13.7 Å². The Morgan fingerprint density at radius 2 is 2.15 bits per heavy atom. The molecule has 1 aliphatic rings. The maximum Gasteiger partial charge on any atom is 0.195 e. The monoisotopic (exact) mass is 290 g/mol. The maximum atomic E-state index is 5.38. The first-order valence-electron chi connectivity index (χ1n) is 6.79. The van der Waals surface area contributed by atoms with Crippen molar-refractivity contribution in [3.8, 4) is 11.4 Å². The van der Waals surface area contributed by atoms with E-state index in [0.717, 1.165) is 31.0 Å². The van der Waals surface area contributed by atoms with E-state index in [1.54, 1.807) is 19.5 Å². The number of hydrogen-bond donors (Lipinski definition) is 1. The molecule has 5 nitrogen and oxygen atoms in total. The quantitative estimate of drug-likeness (QED) is 0.831. The second kappa shape index (κ2) is 5.46.